The van der Waals surface area contributed by atoms with Gasteiger partial charge in [-0.25, -0.2) is 9.18 Å². The first-order valence-corrected chi connectivity index (χ1v) is 4.10. The Bertz CT molecular complexity index is 358. The fourth-order valence-corrected chi connectivity index (χ4v) is 1.02. The predicted octanol–water partition coefficient (Wildman–Crippen LogP) is -0.212. The van der Waals surface area contributed by atoms with Crippen LogP contribution in [-0.4, -0.2) is 34.4 Å². The van der Waals surface area contributed by atoms with Gasteiger partial charge < -0.3 is 14.9 Å². The molecular weight excluding hydrogens is 205 g/mol. The van der Waals surface area contributed by atoms with Crippen LogP contribution in [0.25, 0.3) is 0 Å². The van der Waals surface area contributed by atoms with Crippen molar-refractivity contribution >= 4 is 5.97 Å². The molecule has 0 amide bonds. The fourth-order valence-electron chi connectivity index (χ4n) is 1.02. The van der Waals surface area contributed by atoms with Crippen LogP contribution in [-0.2, 0) is 9.53 Å². The van der Waals surface area contributed by atoms with Gasteiger partial charge >= 0.3 is 5.97 Å². The van der Waals surface area contributed by atoms with Gasteiger partial charge in [-0.2, -0.15) is 0 Å². The second-order valence-corrected chi connectivity index (χ2v) is 2.85. The van der Waals surface area contributed by atoms with Gasteiger partial charge in [0, 0.05) is 11.8 Å². The van der Waals surface area contributed by atoms with Crippen LogP contribution in [0.5, 0.6) is 0 Å². The Labute approximate surface area is 85.1 Å². The molecule has 82 valence electrons. The Morgan fingerprint density at radius 1 is 1.53 bits per heavy atom. The summed E-state index contributed by atoms with van der Waals surface area (Å²) in [5, 5.41) is 18.7. The highest BCUT2D eigenvalue weighted by atomic mass is 19.1. The minimum Gasteiger partial charge on any atom is -0.467 e. The summed E-state index contributed by atoms with van der Waals surface area (Å²) in [5.74, 6) is -1.66. The van der Waals surface area contributed by atoms with E-state index in [-0.39, 0.29) is 5.56 Å². The summed E-state index contributed by atoms with van der Waals surface area (Å²) in [6.45, 7) is 0. The first kappa shape index (κ1) is 11.5. The summed E-state index contributed by atoms with van der Waals surface area (Å²) in [7, 11) is 1.07. The van der Waals surface area contributed by atoms with E-state index >= 15 is 0 Å². The van der Waals surface area contributed by atoms with Crippen LogP contribution in [0.2, 0.25) is 0 Å². The molecule has 2 atom stereocenters. The third-order valence-corrected chi connectivity index (χ3v) is 1.81. The summed E-state index contributed by atoms with van der Waals surface area (Å²) in [6, 6.07) is 0.976. The number of pyridine rings is 1. The molecule has 0 aliphatic rings. The predicted molar refractivity (Wildman–Crippen MR) is 47.2 cm³/mol. The molecule has 0 spiro atoms. The van der Waals surface area contributed by atoms with E-state index < -0.39 is 24.0 Å². The van der Waals surface area contributed by atoms with Gasteiger partial charge in [0.05, 0.1) is 13.3 Å². The number of ether oxygens (including phenoxy) is 1. The molecule has 2 N–H and O–H groups in total. The molecular formula is C9H10FNO4. The van der Waals surface area contributed by atoms with E-state index in [0.29, 0.717) is 0 Å². The zero-order valence-corrected chi connectivity index (χ0v) is 7.92. The lowest BCUT2D eigenvalue weighted by Crippen LogP contribution is -2.29. The van der Waals surface area contributed by atoms with Crippen molar-refractivity contribution in [2.75, 3.05) is 7.11 Å². The van der Waals surface area contributed by atoms with Gasteiger partial charge in [0.25, 0.3) is 0 Å². The van der Waals surface area contributed by atoms with E-state index in [2.05, 4.69) is 9.72 Å². The van der Waals surface area contributed by atoms with Gasteiger partial charge in [0.2, 0.25) is 0 Å². The number of nitrogens with zero attached hydrogens (tertiary/aromatic N) is 1. The number of hydrogen-bond acceptors (Lipinski definition) is 5. The molecule has 0 aliphatic carbocycles. The number of halogens is 1. The number of carbonyl (C=O) groups excluding carboxylic acids is 1. The Morgan fingerprint density at radius 3 is 2.73 bits per heavy atom. The third-order valence-electron chi connectivity index (χ3n) is 1.81. The molecule has 5 nitrogen and oxygen atoms in total. The molecule has 1 aromatic heterocycles. The van der Waals surface area contributed by atoms with E-state index in [9.17, 15) is 19.4 Å². The number of esters is 1. The Balaban J connectivity index is 2.84. The van der Waals surface area contributed by atoms with Gasteiger partial charge in [-0.05, 0) is 6.07 Å². The fraction of sp³-hybridized carbons (Fsp3) is 0.333. The van der Waals surface area contributed by atoms with Crippen LogP contribution in [0.15, 0.2) is 18.5 Å². The zero-order valence-electron chi connectivity index (χ0n) is 7.92. The molecule has 1 aromatic rings. The maximum Gasteiger partial charge on any atom is 0.337 e. The van der Waals surface area contributed by atoms with Gasteiger partial charge in [-0.3, -0.25) is 4.98 Å². The molecule has 2 unspecified atom stereocenters. The lowest BCUT2D eigenvalue weighted by Gasteiger charge is -2.15. The summed E-state index contributed by atoms with van der Waals surface area (Å²) in [4.78, 5) is 14.3. The van der Waals surface area contributed by atoms with Crippen LogP contribution >= 0.6 is 0 Å². The topological polar surface area (TPSA) is 79.7 Å². The summed E-state index contributed by atoms with van der Waals surface area (Å²) >= 11 is 0. The van der Waals surface area contributed by atoms with Crippen molar-refractivity contribution in [2.45, 2.75) is 12.2 Å². The number of aliphatic hydroxyl groups excluding tert-OH is 2. The van der Waals surface area contributed by atoms with Crippen LogP contribution in [0, 0.1) is 5.82 Å². The summed E-state index contributed by atoms with van der Waals surface area (Å²) < 4.78 is 16.9. The lowest BCUT2D eigenvalue weighted by atomic mass is 10.1. The van der Waals surface area contributed by atoms with E-state index in [4.69, 9.17) is 0 Å². The average Bonchev–Trinajstić information content (AvgIpc) is 2.26. The van der Waals surface area contributed by atoms with Gasteiger partial charge in [0.1, 0.15) is 11.9 Å². The number of aromatic nitrogens is 1. The molecule has 1 rings (SSSR count). The maximum absolute atomic E-state index is 12.7. The van der Waals surface area contributed by atoms with Crippen molar-refractivity contribution in [3.05, 3.63) is 29.8 Å². The van der Waals surface area contributed by atoms with Crippen molar-refractivity contribution in [2.24, 2.45) is 0 Å². The second kappa shape index (κ2) is 4.81. The average molecular weight is 215 g/mol. The van der Waals surface area contributed by atoms with Gasteiger partial charge in [-0.15, -0.1) is 0 Å². The molecule has 15 heavy (non-hydrogen) atoms. The van der Waals surface area contributed by atoms with Crippen LogP contribution in [0.1, 0.15) is 11.7 Å². The smallest absolute Gasteiger partial charge is 0.337 e. The van der Waals surface area contributed by atoms with Crippen LogP contribution < -0.4 is 0 Å². The molecule has 0 aromatic carbocycles. The van der Waals surface area contributed by atoms with Crippen molar-refractivity contribution in [3.63, 3.8) is 0 Å². The monoisotopic (exact) mass is 215 g/mol. The number of aliphatic hydroxyl groups is 2. The number of rotatable bonds is 3. The molecule has 6 heteroatoms. The van der Waals surface area contributed by atoms with Crippen molar-refractivity contribution in [1.82, 2.24) is 4.98 Å². The Hall–Kier alpha value is -1.53. The van der Waals surface area contributed by atoms with Gasteiger partial charge in [0.15, 0.2) is 6.10 Å². The zero-order chi connectivity index (χ0) is 11.4. The second-order valence-electron chi connectivity index (χ2n) is 2.85. The SMILES string of the molecule is COC(=O)C(O)C(O)c1cncc(F)c1. The lowest BCUT2D eigenvalue weighted by molar-refractivity contribution is -0.156. The molecule has 0 saturated carbocycles. The molecule has 0 radical (unpaired) electrons. The first-order valence-electron chi connectivity index (χ1n) is 4.10. The highest BCUT2D eigenvalue weighted by Gasteiger charge is 2.26. The standard InChI is InChI=1S/C9H10FNO4/c1-15-9(14)8(13)7(12)5-2-6(10)4-11-3-5/h2-4,7-8,12-13H,1H3. The van der Waals surface area contributed by atoms with Crippen LogP contribution in [0.3, 0.4) is 0 Å². The van der Waals surface area contributed by atoms with E-state index in [1.54, 1.807) is 0 Å². The summed E-state index contributed by atoms with van der Waals surface area (Å²) in [5.41, 5.74) is 0.00731. The first-order chi connectivity index (χ1) is 7.06. The quantitative estimate of drug-likeness (QED) is 0.682. The minimum absolute atomic E-state index is 0.00731. The van der Waals surface area contributed by atoms with Gasteiger partial charge in [-0.1, -0.05) is 0 Å². The van der Waals surface area contributed by atoms with E-state index in [1.165, 1.54) is 0 Å². The normalized spacial score (nSPS) is 14.4. The van der Waals surface area contributed by atoms with Crippen molar-refractivity contribution < 1.29 is 24.1 Å². The van der Waals surface area contributed by atoms with Crippen molar-refractivity contribution in [3.8, 4) is 0 Å². The largest absolute Gasteiger partial charge is 0.467 e. The van der Waals surface area contributed by atoms with E-state index in [1.807, 2.05) is 0 Å². The number of methoxy groups -OCH3 is 1. The minimum atomic E-state index is -1.75. The van der Waals surface area contributed by atoms with Crippen LogP contribution in [0.4, 0.5) is 4.39 Å². The van der Waals surface area contributed by atoms with Crippen molar-refractivity contribution in [1.29, 1.82) is 0 Å². The molecule has 0 bridgehead atoms. The van der Waals surface area contributed by atoms with E-state index in [0.717, 1.165) is 25.6 Å². The number of carbonyl (C=O) groups is 1. The maximum atomic E-state index is 12.7. The molecule has 1 heterocycles. The third kappa shape index (κ3) is 2.71. The highest BCUT2D eigenvalue weighted by molar-refractivity contribution is 5.75. The summed E-state index contributed by atoms with van der Waals surface area (Å²) in [6.07, 6.45) is -1.21. The highest BCUT2D eigenvalue weighted by Crippen LogP contribution is 2.17. The number of hydrogen-bond donors (Lipinski definition) is 2. The molecule has 0 fully saturated rings. The Kier molecular flexibility index (Phi) is 3.70. The Morgan fingerprint density at radius 2 is 2.20 bits per heavy atom. The molecule has 0 saturated heterocycles. The molecule has 0 aliphatic heterocycles.